The fraction of sp³-hybridized carbons (Fsp3) is 0.556. The van der Waals surface area contributed by atoms with Gasteiger partial charge in [0.15, 0.2) is 0 Å². The molecule has 5 heteroatoms. The van der Waals surface area contributed by atoms with E-state index in [1.807, 2.05) is 19.0 Å². The molecule has 0 amide bonds. The van der Waals surface area contributed by atoms with Gasteiger partial charge in [-0.3, -0.25) is 0 Å². The Morgan fingerprint density at radius 1 is 1.43 bits per heavy atom. The first-order valence-corrected chi connectivity index (χ1v) is 5.60. The number of hydrogen-bond acceptors (Lipinski definition) is 3. The van der Waals surface area contributed by atoms with E-state index in [-0.39, 0.29) is 0 Å². The maximum Gasteiger partial charge on any atom is 0.203 e. The Morgan fingerprint density at radius 2 is 2.00 bits per heavy atom. The van der Waals surface area contributed by atoms with Crippen molar-refractivity contribution in [2.75, 3.05) is 19.0 Å². The van der Waals surface area contributed by atoms with E-state index >= 15 is 0 Å². The predicted molar refractivity (Wildman–Crippen MR) is 65.5 cm³/mol. The monoisotopic (exact) mass is 275 g/mol. The van der Waals surface area contributed by atoms with E-state index < -0.39 is 0 Å². The first-order chi connectivity index (χ1) is 6.43. The largest absolute Gasteiger partial charge is 0.349 e. The first kappa shape index (κ1) is 11.7. The Morgan fingerprint density at radius 3 is 2.43 bits per heavy atom. The number of aromatic amines is 1. The molecule has 0 aromatic carbocycles. The van der Waals surface area contributed by atoms with Gasteiger partial charge >= 0.3 is 0 Å². The zero-order chi connectivity index (χ0) is 10.9. The smallest absolute Gasteiger partial charge is 0.203 e. The molecule has 0 bridgehead atoms. The van der Waals surface area contributed by atoms with Gasteiger partial charge in [0.2, 0.25) is 5.95 Å². The van der Waals surface area contributed by atoms with Crippen LogP contribution in [0.15, 0.2) is 4.47 Å². The highest BCUT2D eigenvalue weighted by molar-refractivity contribution is 9.10. The molecule has 1 aromatic rings. The van der Waals surface area contributed by atoms with Crippen LogP contribution in [0, 0.1) is 4.64 Å². The molecule has 0 radical (unpaired) electrons. The lowest BCUT2D eigenvalue weighted by atomic mass is 10.1. The summed E-state index contributed by atoms with van der Waals surface area (Å²) >= 11 is 8.61. The van der Waals surface area contributed by atoms with Crippen molar-refractivity contribution >= 4 is 34.1 Å². The highest BCUT2D eigenvalue weighted by Crippen LogP contribution is 2.24. The summed E-state index contributed by atoms with van der Waals surface area (Å²) < 4.78 is 1.50. The normalized spacial score (nSPS) is 10.7. The van der Waals surface area contributed by atoms with Crippen molar-refractivity contribution in [1.82, 2.24) is 9.97 Å². The van der Waals surface area contributed by atoms with Crippen molar-refractivity contribution in [3.63, 3.8) is 0 Å². The van der Waals surface area contributed by atoms with E-state index in [0.717, 1.165) is 16.1 Å². The van der Waals surface area contributed by atoms with Gasteiger partial charge in [-0.15, -0.1) is 0 Å². The van der Waals surface area contributed by atoms with Gasteiger partial charge in [0, 0.05) is 19.8 Å². The first-order valence-electron chi connectivity index (χ1n) is 4.40. The zero-order valence-electron chi connectivity index (χ0n) is 8.76. The molecule has 0 aliphatic carbocycles. The Hall–Kier alpha value is -0.420. The molecule has 0 unspecified atom stereocenters. The lowest BCUT2D eigenvalue weighted by Gasteiger charge is -2.15. The van der Waals surface area contributed by atoms with Gasteiger partial charge in [0.25, 0.3) is 0 Å². The summed E-state index contributed by atoms with van der Waals surface area (Å²) in [5.41, 5.74) is 1.09. The fourth-order valence-corrected chi connectivity index (χ4v) is 1.92. The highest BCUT2D eigenvalue weighted by atomic mass is 79.9. The van der Waals surface area contributed by atoms with Crippen LogP contribution in [0.25, 0.3) is 0 Å². The summed E-state index contributed by atoms with van der Waals surface area (Å²) in [4.78, 5) is 9.42. The van der Waals surface area contributed by atoms with Gasteiger partial charge in [-0.25, -0.2) is 4.98 Å². The number of halogens is 1. The van der Waals surface area contributed by atoms with Crippen LogP contribution in [-0.4, -0.2) is 24.1 Å². The lowest BCUT2D eigenvalue weighted by Crippen LogP contribution is -2.14. The van der Waals surface area contributed by atoms with Crippen LogP contribution in [0.4, 0.5) is 5.95 Å². The summed E-state index contributed by atoms with van der Waals surface area (Å²) in [5, 5.41) is 0. The molecule has 0 spiro atoms. The molecule has 0 saturated carbocycles. The number of aromatic nitrogens is 2. The number of H-pyrrole nitrogens is 1. The van der Waals surface area contributed by atoms with E-state index in [0.29, 0.717) is 10.6 Å². The van der Waals surface area contributed by atoms with Gasteiger partial charge in [-0.1, -0.05) is 26.1 Å². The molecular weight excluding hydrogens is 262 g/mol. The van der Waals surface area contributed by atoms with E-state index in [1.54, 1.807) is 0 Å². The third-order valence-electron chi connectivity index (χ3n) is 1.88. The maximum absolute atomic E-state index is 5.16. The molecule has 1 rings (SSSR count). The fourth-order valence-electron chi connectivity index (χ4n) is 1.07. The third kappa shape index (κ3) is 2.33. The molecular formula is C9H14BrN3S. The molecule has 0 saturated heterocycles. The van der Waals surface area contributed by atoms with Crippen molar-refractivity contribution in [2.45, 2.75) is 19.8 Å². The Kier molecular flexibility index (Phi) is 3.66. The topological polar surface area (TPSA) is 31.9 Å². The summed E-state index contributed by atoms with van der Waals surface area (Å²) in [7, 11) is 3.87. The van der Waals surface area contributed by atoms with Crippen molar-refractivity contribution in [2.24, 2.45) is 0 Å². The molecule has 0 fully saturated rings. The van der Waals surface area contributed by atoms with Gasteiger partial charge in [0.05, 0.1) is 4.47 Å². The minimum atomic E-state index is 0.396. The van der Waals surface area contributed by atoms with E-state index in [2.05, 4.69) is 39.7 Å². The average Bonchev–Trinajstić information content (AvgIpc) is 2.08. The van der Waals surface area contributed by atoms with Gasteiger partial charge in [0.1, 0.15) is 4.64 Å². The van der Waals surface area contributed by atoms with Crippen molar-refractivity contribution in [3.8, 4) is 0 Å². The van der Waals surface area contributed by atoms with Crippen LogP contribution in [0.2, 0.25) is 0 Å². The minimum Gasteiger partial charge on any atom is -0.349 e. The SMILES string of the molecule is CC(C)c1[nH]c(N(C)C)nc(=S)c1Br. The number of nitrogens with zero attached hydrogens (tertiary/aromatic N) is 2. The van der Waals surface area contributed by atoms with Crippen molar-refractivity contribution < 1.29 is 0 Å². The lowest BCUT2D eigenvalue weighted by molar-refractivity contribution is 0.796. The van der Waals surface area contributed by atoms with Crippen LogP contribution in [-0.2, 0) is 0 Å². The molecule has 1 N–H and O–H groups in total. The Bertz CT molecular complexity index is 384. The standard InChI is InChI=1S/C9H14BrN3S/c1-5(2)7-6(10)8(14)12-9(11-7)13(3)4/h5H,1-4H3,(H,11,12,14). The van der Waals surface area contributed by atoms with Crippen LogP contribution < -0.4 is 4.90 Å². The second kappa shape index (κ2) is 4.40. The summed E-state index contributed by atoms with van der Waals surface area (Å²) in [5.74, 6) is 1.19. The zero-order valence-corrected chi connectivity index (χ0v) is 11.2. The molecule has 14 heavy (non-hydrogen) atoms. The average molecular weight is 276 g/mol. The maximum atomic E-state index is 5.16. The molecule has 1 aromatic heterocycles. The molecule has 1 heterocycles. The number of anilines is 1. The van der Waals surface area contributed by atoms with Gasteiger partial charge in [-0.05, 0) is 21.8 Å². The second-order valence-corrected chi connectivity index (χ2v) is 4.82. The quantitative estimate of drug-likeness (QED) is 0.842. The van der Waals surface area contributed by atoms with Crippen LogP contribution in [0.5, 0.6) is 0 Å². The second-order valence-electron chi connectivity index (χ2n) is 3.64. The number of rotatable bonds is 2. The molecule has 78 valence electrons. The van der Waals surface area contributed by atoms with Gasteiger partial charge in [-0.2, -0.15) is 0 Å². The predicted octanol–water partition coefficient (Wildman–Crippen LogP) is 3.09. The number of nitrogens with one attached hydrogen (secondary N) is 1. The summed E-state index contributed by atoms with van der Waals surface area (Å²) in [6.45, 7) is 4.23. The summed E-state index contributed by atoms with van der Waals surface area (Å²) in [6, 6.07) is 0. The van der Waals surface area contributed by atoms with Gasteiger partial charge < -0.3 is 9.88 Å². The minimum absolute atomic E-state index is 0.396. The third-order valence-corrected chi connectivity index (χ3v) is 3.24. The number of hydrogen-bond donors (Lipinski definition) is 1. The Labute approximate surface area is 97.7 Å². The van der Waals surface area contributed by atoms with Crippen molar-refractivity contribution in [1.29, 1.82) is 0 Å². The molecule has 0 aliphatic rings. The molecule has 0 atom stereocenters. The van der Waals surface area contributed by atoms with Crippen LogP contribution >= 0.6 is 28.1 Å². The van der Waals surface area contributed by atoms with E-state index in [1.165, 1.54) is 0 Å². The summed E-state index contributed by atoms with van der Waals surface area (Å²) in [6.07, 6.45) is 0. The molecule has 3 nitrogen and oxygen atoms in total. The van der Waals surface area contributed by atoms with E-state index in [4.69, 9.17) is 12.2 Å². The highest BCUT2D eigenvalue weighted by Gasteiger charge is 2.10. The van der Waals surface area contributed by atoms with E-state index in [9.17, 15) is 0 Å². The molecule has 0 aliphatic heterocycles. The van der Waals surface area contributed by atoms with Crippen molar-refractivity contribution in [3.05, 3.63) is 14.8 Å². The Balaban J connectivity index is 3.36. The van der Waals surface area contributed by atoms with Crippen LogP contribution in [0.1, 0.15) is 25.5 Å². The van der Waals surface area contributed by atoms with Crippen LogP contribution in [0.3, 0.4) is 0 Å².